The van der Waals surface area contributed by atoms with Gasteiger partial charge in [-0.3, -0.25) is 0 Å². The lowest BCUT2D eigenvalue weighted by molar-refractivity contribution is 0.615. The van der Waals surface area contributed by atoms with Crippen LogP contribution in [0.5, 0.6) is 0 Å². The van der Waals surface area contributed by atoms with Crippen LogP contribution in [0, 0.1) is 0 Å². The molecule has 0 aromatic carbocycles. The molecule has 3 nitrogen and oxygen atoms in total. The van der Waals surface area contributed by atoms with E-state index >= 15 is 0 Å². The summed E-state index contributed by atoms with van der Waals surface area (Å²) in [5.41, 5.74) is 6.31. The quantitative estimate of drug-likeness (QED) is 0.592. The fourth-order valence-electron chi connectivity index (χ4n) is 0.916. The largest absolute Gasteiger partial charge is 0.464 e. The zero-order chi connectivity index (χ0) is 6.97. The second-order valence-corrected chi connectivity index (χ2v) is 2.03. The predicted molar refractivity (Wildman–Crippen MR) is 38.4 cm³/mol. The van der Waals surface area contributed by atoms with Crippen LogP contribution in [-0.2, 0) is 0 Å². The van der Waals surface area contributed by atoms with Gasteiger partial charge in [-0.05, 0) is 12.1 Å². The standard InChI is InChI=1S/C7H6N2O/c8-7-5-2-4-10-6(5)1-3-9-7/h1-4H,(H2,8,9). The summed E-state index contributed by atoms with van der Waals surface area (Å²) in [5.74, 6) is 0.520. The second kappa shape index (κ2) is 1.73. The van der Waals surface area contributed by atoms with Crippen molar-refractivity contribution >= 4 is 16.8 Å². The maximum Gasteiger partial charge on any atom is 0.139 e. The van der Waals surface area contributed by atoms with Gasteiger partial charge in [0.1, 0.15) is 11.4 Å². The van der Waals surface area contributed by atoms with Gasteiger partial charge in [0.15, 0.2) is 0 Å². The molecule has 2 rings (SSSR count). The molecule has 0 radical (unpaired) electrons. The average molecular weight is 134 g/mol. The van der Waals surface area contributed by atoms with Crippen LogP contribution < -0.4 is 5.73 Å². The van der Waals surface area contributed by atoms with Crippen molar-refractivity contribution < 1.29 is 4.42 Å². The molecule has 0 bridgehead atoms. The number of hydrogen-bond acceptors (Lipinski definition) is 3. The third-order valence-electron chi connectivity index (χ3n) is 1.41. The third-order valence-corrected chi connectivity index (χ3v) is 1.41. The first kappa shape index (κ1) is 5.29. The molecule has 0 aliphatic carbocycles. The van der Waals surface area contributed by atoms with E-state index in [1.54, 1.807) is 24.6 Å². The molecule has 0 atom stereocenters. The molecule has 2 N–H and O–H groups in total. The topological polar surface area (TPSA) is 52.0 Å². The highest BCUT2D eigenvalue weighted by Gasteiger charge is 1.98. The van der Waals surface area contributed by atoms with Crippen LogP contribution in [-0.4, -0.2) is 4.98 Å². The minimum Gasteiger partial charge on any atom is -0.464 e. The zero-order valence-electron chi connectivity index (χ0n) is 5.24. The second-order valence-electron chi connectivity index (χ2n) is 2.03. The Hall–Kier alpha value is -1.51. The molecule has 10 heavy (non-hydrogen) atoms. The van der Waals surface area contributed by atoms with Gasteiger partial charge in [0.25, 0.3) is 0 Å². The molecular weight excluding hydrogens is 128 g/mol. The molecule has 0 fully saturated rings. The van der Waals surface area contributed by atoms with Crippen molar-refractivity contribution in [3.8, 4) is 0 Å². The Labute approximate surface area is 57.5 Å². The van der Waals surface area contributed by atoms with E-state index in [1.807, 2.05) is 0 Å². The van der Waals surface area contributed by atoms with E-state index in [2.05, 4.69) is 4.98 Å². The summed E-state index contributed by atoms with van der Waals surface area (Å²) < 4.78 is 5.08. The van der Waals surface area contributed by atoms with Gasteiger partial charge in [0, 0.05) is 6.20 Å². The highest BCUT2D eigenvalue weighted by atomic mass is 16.3. The van der Waals surface area contributed by atoms with Gasteiger partial charge >= 0.3 is 0 Å². The summed E-state index contributed by atoms with van der Waals surface area (Å²) in [4.78, 5) is 3.90. The van der Waals surface area contributed by atoms with Crippen molar-refractivity contribution in [2.45, 2.75) is 0 Å². The summed E-state index contributed by atoms with van der Waals surface area (Å²) in [5, 5.41) is 0.877. The lowest BCUT2D eigenvalue weighted by Crippen LogP contribution is -1.87. The van der Waals surface area contributed by atoms with E-state index in [9.17, 15) is 0 Å². The Bertz CT molecular complexity index is 353. The number of aromatic nitrogens is 1. The summed E-state index contributed by atoms with van der Waals surface area (Å²) in [6, 6.07) is 3.59. The predicted octanol–water partition coefficient (Wildman–Crippen LogP) is 1.41. The van der Waals surface area contributed by atoms with Crippen LogP contribution in [0.25, 0.3) is 11.0 Å². The first-order valence-corrected chi connectivity index (χ1v) is 2.95. The Kier molecular flexibility index (Phi) is 0.917. The Balaban J connectivity index is 2.95. The number of hydrogen-bond donors (Lipinski definition) is 1. The summed E-state index contributed by atoms with van der Waals surface area (Å²) in [7, 11) is 0. The number of nitrogens with zero attached hydrogens (tertiary/aromatic N) is 1. The lowest BCUT2D eigenvalue weighted by Gasteiger charge is -1.89. The molecule has 0 unspecified atom stereocenters. The molecule has 2 aromatic heterocycles. The Morgan fingerprint density at radius 2 is 2.30 bits per heavy atom. The molecule has 0 aliphatic heterocycles. The van der Waals surface area contributed by atoms with Gasteiger partial charge in [-0.15, -0.1) is 0 Å². The van der Waals surface area contributed by atoms with Gasteiger partial charge in [-0.25, -0.2) is 4.98 Å². The molecule has 0 amide bonds. The first-order chi connectivity index (χ1) is 4.88. The highest BCUT2D eigenvalue weighted by Crippen LogP contribution is 2.18. The fraction of sp³-hybridized carbons (Fsp3) is 0. The minimum absolute atomic E-state index is 0.520. The van der Waals surface area contributed by atoms with Crippen molar-refractivity contribution in [2.75, 3.05) is 5.73 Å². The molecule has 0 aliphatic rings. The van der Waals surface area contributed by atoms with E-state index in [0.29, 0.717) is 5.82 Å². The summed E-state index contributed by atoms with van der Waals surface area (Å²) >= 11 is 0. The fourth-order valence-corrected chi connectivity index (χ4v) is 0.916. The maximum atomic E-state index is 5.53. The normalized spacial score (nSPS) is 10.4. The molecule has 50 valence electrons. The summed E-state index contributed by atoms with van der Waals surface area (Å²) in [6.45, 7) is 0. The van der Waals surface area contributed by atoms with Crippen LogP contribution >= 0.6 is 0 Å². The van der Waals surface area contributed by atoms with E-state index in [0.717, 1.165) is 11.0 Å². The van der Waals surface area contributed by atoms with Crippen molar-refractivity contribution in [1.82, 2.24) is 4.98 Å². The van der Waals surface area contributed by atoms with Gasteiger partial charge < -0.3 is 10.2 Å². The zero-order valence-corrected chi connectivity index (χ0v) is 5.24. The van der Waals surface area contributed by atoms with Crippen LogP contribution in [0.2, 0.25) is 0 Å². The number of nitrogen functional groups attached to an aromatic ring is 1. The van der Waals surface area contributed by atoms with Crippen LogP contribution in [0.4, 0.5) is 5.82 Å². The summed E-state index contributed by atoms with van der Waals surface area (Å²) in [6.07, 6.45) is 3.23. The number of rotatable bonds is 0. The molecule has 2 heterocycles. The lowest BCUT2D eigenvalue weighted by atomic mass is 10.3. The van der Waals surface area contributed by atoms with Gasteiger partial charge in [0.05, 0.1) is 11.6 Å². The van der Waals surface area contributed by atoms with Gasteiger partial charge in [-0.1, -0.05) is 0 Å². The monoisotopic (exact) mass is 134 g/mol. The molecule has 0 spiro atoms. The maximum absolute atomic E-state index is 5.53. The third kappa shape index (κ3) is 0.572. The van der Waals surface area contributed by atoms with E-state index in [4.69, 9.17) is 10.2 Å². The molecule has 0 saturated heterocycles. The first-order valence-electron chi connectivity index (χ1n) is 2.95. The minimum atomic E-state index is 0.520. The van der Waals surface area contributed by atoms with Crippen LogP contribution in [0.15, 0.2) is 29.0 Å². The van der Waals surface area contributed by atoms with Crippen molar-refractivity contribution in [3.05, 3.63) is 24.6 Å². The number of anilines is 1. The van der Waals surface area contributed by atoms with E-state index in [1.165, 1.54) is 0 Å². The Morgan fingerprint density at radius 3 is 3.10 bits per heavy atom. The van der Waals surface area contributed by atoms with Gasteiger partial charge in [0.2, 0.25) is 0 Å². The Morgan fingerprint density at radius 1 is 1.40 bits per heavy atom. The SMILES string of the molecule is Nc1nccc2occc12. The molecule has 0 saturated carbocycles. The molecular formula is C7H6N2O. The van der Waals surface area contributed by atoms with E-state index < -0.39 is 0 Å². The number of fused-ring (bicyclic) bond motifs is 1. The molecule has 2 aromatic rings. The molecule has 3 heteroatoms. The van der Waals surface area contributed by atoms with Crippen molar-refractivity contribution in [2.24, 2.45) is 0 Å². The average Bonchev–Trinajstić information content (AvgIpc) is 2.36. The van der Waals surface area contributed by atoms with Gasteiger partial charge in [-0.2, -0.15) is 0 Å². The van der Waals surface area contributed by atoms with Crippen molar-refractivity contribution in [1.29, 1.82) is 0 Å². The highest BCUT2D eigenvalue weighted by molar-refractivity contribution is 5.86. The van der Waals surface area contributed by atoms with Crippen LogP contribution in [0.1, 0.15) is 0 Å². The smallest absolute Gasteiger partial charge is 0.139 e. The number of furan rings is 1. The van der Waals surface area contributed by atoms with Crippen molar-refractivity contribution in [3.63, 3.8) is 0 Å². The number of nitrogens with two attached hydrogens (primary N) is 1. The van der Waals surface area contributed by atoms with Crippen LogP contribution in [0.3, 0.4) is 0 Å². The number of pyridine rings is 1. The van der Waals surface area contributed by atoms with E-state index in [-0.39, 0.29) is 0 Å².